The smallest absolute Gasteiger partial charge is 0.245 e. The minimum Gasteiger partial charge on any atom is -0.340 e. The average molecular weight is 271 g/mol. The summed E-state index contributed by atoms with van der Waals surface area (Å²) in [4.78, 5) is 4.15. The molecule has 0 unspecified atom stereocenters. The maximum absolute atomic E-state index is 11.8. The van der Waals surface area contributed by atoms with Crippen molar-refractivity contribution < 1.29 is 12.9 Å². The summed E-state index contributed by atoms with van der Waals surface area (Å²) in [7, 11) is -0.522. The fourth-order valence-corrected chi connectivity index (χ4v) is 2.18. The maximum atomic E-state index is 11.8. The van der Waals surface area contributed by atoms with Crippen molar-refractivity contribution in [1.82, 2.24) is 24.2 Å². The van der Waals surface area contributed by atoms with E-state index in [1.807, 2.05) is 0 Å². The third-order valence-electron chi connectivity index (χ3n) is 2.26. The second-order valence-electron chi connectivity index (χ2n) is 3.89. The minimum absolute atomic E-state index is 0.132. The van der Waals surface area contributed by atoms with E-state index in [4.69, 9.17) is 4.52 Å². The Balaban J connectivity index is 2.21. The molecule has 0 saturated carbocycles. The Hall–Kier alpha value is -1.74. The summed E-state index contributed by atoms with van der Waals surface area (Å²) >= 11 is 0. The standard InChI is InChI=1S/C9H13N5O3S/c1-7-11-9(12-17-7)6-14-5-8(4-10-14)18(15,16)13(2)3/h4-5H,6H2,1-3H3. The van der Waals surface area contributed by atoms with Gasteiger partial charge in [0.25, 0.3) is 0 Å². The second kappa shape index (κ2) is 4.50. The third kappa shape index (κ3) is 2.41. The molecule has 8 nitrogen and oxygen atoms in total. The molecule has 0 aliphatic carbocycles. The number of aromatic nitrogens is 4. The summed E-state index contributed by atoms with van der Waals surface area (Å²) in [6.07, 6.45) is 2.73. The number of hydrogen-bond acceptors (Lipinski definition) is 6. The van der Waals surface area contributed by atoms with E-state index in [2.05, 4.69) is 15.2 Å². The predicted octanol–water partition coefficient (Wildman–Crippen LogP) is -0.127. The van der Waals surface area contributed by atoms with Gasteiger partial charge in [0.05, 0.1) is 6.20 Å². The SMILES string of the molecule is Cc1nc(Cn2cc(S(=O)(=O)N(C)C)cn2)no1. The van der Waals surface area contributed by atoms with E-state index in [1.54, 1.807) is 6.92 Å². The molecule has 2 heterocycles. The number of sulfonamides is 1. The third-order valence-corrected chi connectivity index (χ3v) is 4.03. The van der Waals surface area contributed by atoms with Gasteiger partial charge in [-0.15, -0.1) is 0 Å². The fraction of sp³-hybridized carbons (Fsp3) is 0.444. The van der Waals surface area contributed by atoms with Crippen LogP contribution in [-0.4, -0.2) is 46.7 Å². The van der Waals surface area contributed by atoms with Crippen LogP contribution in [0.15, 0.2) is 21.8 Å². The molecule has 0 aliphatic heterocycles. The molecule has 2 rings (SSSR count). The molecule has 18 heavy (non-hydrogen) atoms. The van der Waals surface area contributed by atoms with Crippen molar-refractivity contribution in [3.05, 3.63) is 24.1 Å². The van der Waals surface area contributed by atoms with Gasteiger partial charge in [0.2, 0.25) is 15.9 Å². The Bertz CT molecular complexity index is 643. The van der Waals surface area contributed by atoms with Gasteiger partial charge in [-0.05, 0) is 0 Å². The van der Waals surface area contributed by atoms with E-state index in [1.165, 1.54) is 31.2 Å². The van der Waals surface area contributed by atoms with Gasteiger partial charge < -0.3 is 4.52 Å². The van der Waals surface area contributed by atoms with Crippen molar-refractivity contribution in [2.75, 3.05) is 14.1 Å². The van der Waals surface area contributed by atoms with Crippen LogP contribution in [0.3, 0.4) is 0 Å². The first kappa shape index (κ1) is 12.7. The molecular weight excluding hydrogens is 258 g/mol. The van der Waals surface area contributed by atoms with Crippen LogP contribution in [0.2, 0.25) is 0 Å². The van der Waals surface area contributed by atoms with Crippen LogP contribution >= 0.6 is 0 Å². The van der Waals surface area contributed by atoms with Crippen LogP contribution in [0.25, 0.3) is 0 Å². The van der Waals surface area contributed by atoms with Gasteiger partial charge in [-0.25, -0.2) is 12.7 Å². The topological polar surface area (TPSA) is 94.1 Å². The average Bonchev–Trinajstić information content (AvgIpc) is 2.88. The Morgan fingerprint density at radius 3 is 2.72 bits per heavy atom. The predicted molar refractivity (Wildman–Crippen MR) is 61.2 cm³/mol. The first-order chi connectivity index (χ1) is 8.39. The van der Waals surface area contributed by atoms with Crippen molar-refractivity contribution in [3.63, 3.8) is 0 Å². The van der Waals surface area contributed by atoms with Gasteiger partial charge in [-0.1, -0.05) is 5.16 Å². The summed E-state index contributed by atoms with van der Waals surface area (Å²) in [6, 6.07) is 0. The van der Waals surface area contributed by atoms with Crippen molar-refractivity contribution in [3.8, 4) is 0 Å². The van der Waals surface area contributed by atoms with Gasteiger partial charge in [0.1, 0.15) is 11.4 Å². The molecule has 0 amide bonds. The lowest BCUT2D eigenvalue weighted by Crippen LogP contribution is -2.21. The van der Waals surface area contributed by atoms with Crippen molar-refractivity contribution in [1.29, 1.82) is 0 Å². The number of rotatable bonds is 4. The summed E-state index contributed by atoms with van der Waals surface area (Å²) in [5.41, 5.74) is 0. The highest BCUT2D eigenvalue weighted by Gasteiger charge is 2.19. The van der Waals surface area contributed by atoms with E-state index in [0.717, 1.165) is 4.31 Å². The zero-order chi connectivity index (χ0) is 13.3. The van der Waals surface area contributed by atoms with Gasteiger partial charge in [-0.3, -0.25) is 4.68 Å². The quantitative estimate of drug-likeness (QED) is 0.769. The largest absolute Gasteiger partial charge is 0.340 e. The maximum Gasteiger partial charge on any atom is 0.245 e. The summed E-state index contributed by atoms with van der Waals surface area (Å²) in [6.45, 7) is 1.95. The summed E-state index contributed by atoms with van der Waals surface area (Å²) in [5, 5.41) is 7.67. The molecule has 0 N–H and O–H groups in total. The van der Waals surface area contributed by atoms with Crippen molar-refractivity contribution in [2.24, 2.45) is 0 Å². The lowest BCUT2D eigenvalue weighted by molar-refractivity contribution is 0.385. The first-order valence-corrected chi connectivity index (χ1v) is 6.58. The van der Waals surface area contributed by atoms with Gasteiger partial charge >= 0.3 is 0 Å². The lowest BCUT2D eigenvalue weighted by atomic mass is 10.6. The summed E-state index contributed by atoms with van der Waals surface area (Å²) < 4.78 is 31.0. The minimum atomic E-state index is -3.46. The molecule has 0 aromatic carbocycles. The molecule has 0 saturated heterocycles. The van der Waals surface area contributed by atoms with E-state index >= 15 is 0 Å². The number of hydrogen-bond donors (Lipinski definition) is 0. The molecule has 2 aromatic rings. The highest BCUT2D eigenvalue weighted by atomic mass is 32.2. The Morgan fingerprint density at radius 1 is 1.44 bits per heavy atom. The lowest BCUT2D eigenvalue weighted by Gasteiger charge is -2.08. The first-order valence-electron chi connectivity index (χ1n) is 5.14. The van der Waals surface area contributed by atoms with Crippen molar-refractivity contribution >= 4 is 10.0 Å². The van der Waals surface area contributed by atoms with E-state index in [0.29, 0.717) is 11.7 Å². The highest BCUT2D eigenvalue weighted by Crippen LogP contribution is 2.11. The van der Waals surface area contributed by atoms with Crippen LogP contribution in [0.4, 0.5) is 0 Å². The Kier molecular flexibility index (Phi) is 3.18. The Morgan fingerprint density at radius 2 is 2.17 bits per heavy atom. The van der Waals surface area contributed by atoms with Crippen LogP contribution in [-0.2, 0) is 16.6 Å². The molecular formula is C9H13N5O3S. The number of aryl methyl sites for hydroxylation is 1. The van der Waals surface area contributed by atoms with Gasteiger partial charge in [0.15, 0.2) is 5.82 Å². The van der Waals surface area contributed by atoms with E-state index in [9.17, 15) is 8.42 Å². The molecule has 2 aromatic heterocycles. The van der Waals surface area contributed by atoms with Crippen LogP contribution < -0.4 is 0 Å². The van der Waals surface area contributed by atoms with Crippen LogP contribution in [0, 0.1) is 6.92 Å². The highest BCUT2D eigenvalue weighted by molar-refractivity contribution is 7.89. The van der Waals surface area contributed by atoms with Crippen LogP contribution in [0.1, 0.15) is 11.7 Å². The molecule has 0 atom stereocenters. The zero-order valence-electron chi connectivity index (χ0n) is 10.2. The molecule has 0 bridgehead atoms. The fourth-order valence-electron chi connectivity index (χ4n) is 1.33. The van der Waals surface area contributed by atoms with Crippen molar-refractivity contribution in [2.45, 2.75) is 18.4 Å². The molecule has 0 fully saturated rings. The molecule has 0 radical (unpaired) electrons. The summed E-state index contributed by atoms with van der Waals surface area (Å²) in [5.74, 6) is 0.905. The van der Waals surface area contributed by atoms with E-state index in [-0.39, 0.29) is 11.4 Å². The van der Waals surface area contributed by atoms with Gasteiger partial charge in [0, 0.05) is 27.2 Å². The second-order valence-corrected chi connectivity index (χ2v) is 6.04. The molecule has 0 spiro atoms. The monoisotopic (exact) mass is 271 g/mol. The molecule has 98 valence electrons. The normalized spacial score (nSPS) is 12.2. The zero-order valence-corrected chi connectivity index (χ0v) is 11.0. The van der Waals surface area contributed by atoms with Crippen LogP contribution in [0.5, 0.6) is 0 Å². The molecule has 9 heteroatoms. The Labute approximate surface area is 104 Å². The van der Waals surface area contributed by atoms with Gasteiger partial charge in [-0.2, -0.15) is 10.1 Å². The van der Waals surface area contributed by atoms with E-state index < -0.39 is 10.0 Å². The molecule has 0 aliphatic rings. The number of nitrogens with zero attached hydrogens (tertiary/aromatic N) is 5.